The van der Waals surface area contributed by atoms with E-state index in [1.54, 1.807) is 6.20 Å². The van der Waals surface area contributed by atoms with E-state index in [1.807, 2.05) is 13.0 Å². The second kappa shape index (κ2) is 8.86. The van der Waals surface area contributed by atoms with Crippen molar-refractivity contribution in [1.82, 2.24) is 25.1 Å². The van der Waals surface area contributed by atoms with Crippen LogP contribution in [0.25, 0.3) is 0 Å². The number of halogens is 1. The van der Waals surface area contributed by atoms with Crippen LogP contribution in [-0.2, 0) is 12.8 Å². The van der Waals surface area contributed by atoms with Gasteiger partial charge in [-0.3, -0.25) is 10.00 Å². The SMILES string of the molecule is Cc1cc(Cc2nc(Cc3cc(C)c([C@H]4CCCCN4C)cc3C)ncc2Cl)n[nH]1. The second-order valence-corrected chi connectivity index (χ2v) is 9.01. The Morgan fingerprint density at radius 2 is 1.93 bits per heavy atom. The molecule has 30 heavy (non-hydrogen) atoms. The van der Waals surface area contributed by atoms with Gasteiger partial charge in [-0.15, -0.1) is 0 Å². The molecule has 0 bridgehead atoms. The van der Waals surface area contributed by atoms with Crippen molar-refractivity contribution in [3.8, 4) is 0 Å². The quantitative estimate of drug-likeness (QED) is 0.619. The van der Waals surface area contributed by atoms with Gasteiger partial charge in [0.1, 0.15) is 5.82 Å². The van der Waals surface area contributed by atoms with Crippen LogP contribution in [0.4, 0.5) is 0 Å². The van der Waals surface area contributed by atoms with Gasteiger partial charge in [-0.05, 0) is 75.5 Å². The predicted molar refractivity (Wildman–Crippen MR) is 121 cm³/mol. The maximum Gasteiger partial charge on any atom is 0.133 e. The summed E-state index contributed by atoms with van der Waals surface area (Å²) >= 11 is 6.37. The van der Waals surface area contributed by atoms with Crippen molar-refractivity contribution in [2.24, 2.45) is 0 Å². The number of H-pyrrole nitrogens is 1. The zero-order valence-corrected chi connectivity index (χ0v) is 19.1. The molecule has 0 amide bonds. The van der Waals surface area contributed by atoms with E-state index in [0.29, 0.717) is 23.9 Å². The molecule has 6 heteroatoms. The van der Waals surface area contributed by atoms with Gasteiger partial charge < -0.3 is 0 Å². The van der Waals surface area contributed by atoms with E-state index >= 15 is 0 Å². The van der Waals surface area contributed by atoms with Crippen LogP contribution in [0.5, 0.6) is 0 Å². The first-order valence-electron chi connectivity index (χ1n) is 10.7. The number of piperidine rings is 1. The summed E-state index contributed by atoms with van der Waals surface area (Å²) in [6, 6.07) is 7.25. The van der Waals surface area contributed by atoms with Gasteiger partial charge in [-0.2, -0.15) is 5.10 Å². The zero-order chi connectivity index (χ0) is 21.3. The Hall–Kier alpha value is -2.24. The summed E-state index contributed by atoms with van der Waals surface area (Å²) in [6.45, 7) is 7.60. The van der Waals surface area contributed by atoms with E-state index in [2.05, 4.69) is 53.1 Å². The molecule has 0 unspecified atom stereocenters. The molecule has 1 fully saturated rings. The van der Waals surface area contributed by atoms with Crippen molar-refractivity contribution in [2.45, 2.75) is 58.9 Å². The molecule has 0 saturated carbocycles. The molecule has 1 saturated heterocycles. The molecule has 0 radical (unpaired) electrons. The van der Waals surface area contributed by atoms with E-state index in [0.717, 1.165) is 22.9 Å². The Bertz CT molecular complexity index is 1040. The molecule has 2 aromatic heterocycles. The Morgan fingerprint density at radius 3 is 2.67 bits per heavy atom. The third-order valence-electron chi connectivity index (χ3n) is 6.18. The summed E-state index contributed by atoms with van der Waals surface area (Å²) in [5.74, 6) is 0.798. The third kappa shape index (κ3) is 4.57. The highest BCUT2D eigenvalue weighted by Crippen LogP contribution is 2.33. The fourth-order valence-electron chi connectivity index (χ4n) is 4.48. The lowest BCUT2D eigenvalue weighted by molar-refractivity contribution is 0.187. The number of aromatic amines is 1. The molecule has 1 atom stereocenters. The molecule has 1 aliphatic heterocycles. The molecule has 158 valence electrons. The number of benzene rings is 1. The molecular formula is C24H30ClN5. The number of nitrogens with one attached hydrogen (secondary N) is 1. The molecule has 3 heterocycles. The number of hydrogen-bond donors (Lipinski definition) is 1. The molecule has 1 N–H and O–H groups in total. The summed E-state index contributed by atoms with van der Waals surface area (Å²) in [7, 11) is 2.25. The van der Waals surface area contributed by atoms with Gasteiger partial charge in [0, 0.05) is 30.8 Å². The van der Waals surface area contributed by atoms with Gasteiger partial charge in [-0.1, -0.05) is 30.2 Å². The fourth-order valence-corrected chi connectivity index (χ4v) is 4.63. The molecule has 0 aliphatic carbocycles. The highest BCUT2D eigenvalue weighted by molar-refractivity contribution is 6.31. The lowest BCUT2D eigenvalue weighted by Crippen LogP contribution is -2.30. The maximum atomic E-state index is 6.37. The van der Waals surface area contributed by atoms with Crippen molar-refractivity contribution in [1.29, 1.82) is 0 Å². The number of aromatic nitrogens is 4. The highest BCUT2D eigenvalue weighted by Gasteiger charge is 2.23. The van der Waals surface area contributed by atoms with Crippen LogP contribution in [0.15, 0.2) is 24.4 Å². The van der Waals surface area contributed by atoms with E-state index in [-0.39, 0.29) is 0 Å². The number of likely N-dealkylation sites (tertiary alicyclic amines) is 1. The molecule has 1 aromatic carbocycles. The number of hydrogen-bond acceptors (Lipinski definition) is 4. The normalized spacial score (nSPS) is 17.4. The molecule has 0 spiro atoms. The molecule has 3 aromatic rings. The first-order valence-corrected chi connectivity index (χ1v) is 11.1. The first kappa shape index (κ1) is 21.0. The van der Waals surface area contributed by atoms with Gasteiger partial charge in [0.05, 0.1) is 16.4 Å². The lowest BCUT2D eigenvalue weighted by Gasteiger charge is -2.34. The Balaban J connectivity index is 1.56. The van der Waals surface area contributed by atoms with Crippen LogP contribution in [-0.4, -0.2) is 38.7 Å². The summed E-state index contributed by atoms with van der Waals surface area (Å²) in [4.78, 5) is 11.8. The van der Waals surface area contributed by atoms with Crippen LogP contribution in [0.2, 0.25) is 5.02 Å². The average molecular weight is 424 g/mol. The molecule has 1 aliphatic rings. The topological polar surface area (TPSA) is 57.7 Å². The van der Waals surface area contributed by atoms with Gasteiger partial charge in [0.2, 0.25) is 0 Å². The summed E-state index contributed by atoms with van der Waals surface area (Å²) in [5.41, 5.74) is 8.19. The largest absolute Gasteiger partial charge is 0.299 e. The second-order valence-electron chi connectivity index (χ2n) is 8.60. The smallest absolute Gasteiger partial charge is 0.133 e. The highest BCUT2D eigenvalue weighted by atomic mass is 35.5. The first-order chi connectivity index (χ1) is 14.4. The van der Waals surface area contributed by atoms with Crippen molar-refractivity contribution in [3.05, 3.63) is 74.6 Å². The standard InChI is InChI=1S/C24H30ClN5/c1-15-10-20(23-7-5-6-8-30(23)4)16(2)9-18(15)12-24-26-14-21(25)22(27-24)13-19-11-17(3)28-29-19/h9-11,14,23H,5-8,12-13H2,1-4H3,(H,28,29)/t23-/m1/s1. The van der Waals surface area contributed by atoms with Crippen molar-refractivity contribution < 1.29 is 0 Å². The minimum absolute atomic E-state index is 0.530. The fraction of sp³-hybridized carbons (Fsp3) is 0.458. The van der Waals surface area contributed by atoms with Gasteiger partial charge >= 0.3 is 0 Å². The minimum atomic E-state index is 0.530. The summed E-state index contributed by atoms with van der Waals surface area (Å²) in [6.07, 6.45) is 6.88. The van der Waals surface area contributed by atoms with E-state index < -0.39 is 0 Å². The minimum Gasteiger partial charge on any atom is -0.299 e. The molecule has 5 nitrogen and oxygen atoms in total. The number of aryl methyl sites for hydroxylation is 3. The van der Waals surface area contributed by atoms with Crippen LogP contribution >= 0.6 is 11.6 Å². The van der Waals surface area contributed by atoms with Crippen LogP contribution in [0.3, 0.4) is 0 Å². The average Bonchev–Trinajstić information content (AvgIpc) is 3.12. The van der Waals surface area contributed by atoms with Crippen molar-refractivity contribution in [2.75, 3.05) is 13.6 Å². The molecular weight excluding hydrogens is 394 g/mol. The zero-order valence-electron chi connectivity index (χ0n) is 18.3. The lowest BCUT2D eigenvalue weighted by atomic mass is 9.89. The van der Waals surface area contributed by atoms with Crippen LogP contribution in [0.1, 0.15) is 70.5 Å². The van der Waals surface area contributed by atoms with E-state index in [9.17, 15) is 0 Å². The monoisotopic (exact) mass is 423 g/mol. The Labute approximate surface area is 183 Å². The summed E-state index contributed by atoms with van der Waals surface area (Å²) in [5, 5.41) is 7.86. The molecule has 4 rings (SSSR count). The van der Waals surface area contributed by atoms with Gasteiger partial charge in [-0.25, -0.2) is 9.97 Å². The Morgan fingerprint density at radius 1 is 1.10 bits per heavy atom. The summed E-state index contributed by atoms with van der Waals surface area (Å²) < 4.78 is 0. The Kier molecular flexibility index (Phi) is 6.21. The van der Waals surface area contributed by atoms with Crippen molar-refractivity contribution >= 4 is 11.6 Å². The van der Waals surface area contributed by atoms with Crippen LogP contribution < -0.4 is 0 Å². The number of nitrogens with zero attached hydrogens (tertiary/aromatic N) is 4. The van der Waals surface area contributed by atoms with Crippen molar-refractivity contribution in [3.63, 3.8) is 0 Å². The van der Waals surface area contributed by atoms with Gasteiger partial charge in [0.15, 0.2) is 0 Å². The number of rotatable bonds is 5. The van der Waals surface area contributed by atoms with Gasteiger partial charge in [0.25, 0.3) is 0 Å². The van der Waals surface area contributed by atoms with E-state index in [1.165, 1.54) is 48.1 Å². The third-order valence-corrected chi connectivity index (χ3v) is 6.49. The van der Waals surface area contributed by atoms with E-state index in [4.69, 9.17) is 16.6 Å². The predicted octanol–water partition coefficient (Wildman–Crippen LogP) is 5.12. The van der Waals surface area contributed by atoms with Crippen LogP contribution in [0, 0.1) is 20.8 Å². The maximum absolute atomic E-state index is 6.37.